The molecule has 1 atom stereocenters. The fraction of sp³-hybridized carbons (Fsp3) is 0.400. The van der Waals surface area contributed by atoms with Crippen LogP contribution in [0.3, 0.4) is 0 Å². The van der Waals surface area contributed by atoms with Crippen LogP contribution in [-0.4, -0.2) is 16.3 Å². The van der Waals surface area contributed by atoms with E-state index >= 15 is 0 Å². The molecule has 0 saturated carbocycles. The lowest BCUT2D eigenvalue weighted by atomic mass is 10.0. The molecule has 0 bridgehead atoms. The Morgan fingerprint density at radius 3 is 2.81 bits per heavy atom. The first kappa shape index (κ1) is 16.5. The molecule has 0 radical (unpaired) electrons. The molecule has 21 heavy (non-hydrogen) atoms. The van der Waals surface area contributed by atoms with Gasteiger partial charge in [-0.3, -0.25) is 4.68 Å². The summed E-state index contributed by atoms with van der Waals surface area (Å²) in [7, 11) is 0. The fourth-order valence-electron chi connectivity index (χ4n) is 2.32. The van der Waals surface area contributed by atoms with E-state index < -0.39 is 5.82 Å². The van der Waals surface area contributed by atoms with E-state index in [9.17, 15) is 4.39 Å². The molecule has 0 aliphatic carbocycles. The summed E-state index contributed by atoms with van der Waals surface area (Å²) in [6.07, 6.45) is 2.78. The molecule has 1 aromatic carbocycles. The lowest BCUT2D eigenvalue weighted by Crippen LogP contribution is -2.25. The molecule has 1 aromatic heterocycles. The van der Waals surface area contributed by atoms with E-state index in [1.165, 1.54) is 6.07 Å². The van der Waals surface area contributed by atoms with Crippen LogP contribution in [-0.2, 0) is 6.54 Å². The standard InChI is InChI=1S/C15H18BrClFN3/c1-3-7-21-15(11(16)9-20-21)14(19-4-2)10-5-6-13(18)12(17)8-10/h5-6,8-9,14,19H,3-4,7H2,1-2H3. The van der Waals surface area contributed by atoms with Crippen molar-refractivity contribution in [2.75, 3.05) is 6.54 Å². The van der Waals surface area contributed by atoms with Gasteiger partial charge in [0.15, 0.2) is 0 Å². The van der Waals surface area contributed by atoms with Crippen LogP contribution in [0.1, 0.15) is 37.6 Å². The highest BCUT2D eigenvalue weighted by Crippen LogP contribution is 2.30. The number of aromatic nitrogens is 2. The highest BCUT2D eigenvalue weighted by molar-refractivity contribution is 9.10. The van der Waals surface area contributed by atoms with Gasteiger partial charge < -0.3 is 5.32 Å². The molecule has 0 fully saturated rings. The Morgan fingerprint density at radius 1 is 1.43 bits per heavy atom. The second kappa shape index (κ2) is 7.38. The number of benzene rings is 1. The Bertz CT molecular complexity index is 615. The minimum absolute atomic E-state index is 0.0866. The zero-order valence-electron chi connectivity index (χ0n) is 12.0. The van der Waals surface area contributed by atoms with Gasteiger partial charge in [0.05, 0.1) is 27.4 Å². The van der Waals surface area contributed by atoms with Gasteiger partial charge in [-0.15, -0.1) is 0 Å². The van der Waals surface area contributed by atoms with Crippen molar-refractivity contribution in [2.45, 2.75) is 32.9 Å². The molecule has 1 heterocycles. The van der Waals surface area contributed by atoms with Gasteiger partial charge in [-0.2, -0.15) is 5.10 Å². The highest BCUT2D eigenvalue weighted by atomic mass is 79.9. The monoisotopic (exact) mass is 373 g/mol. The first-order valence-electron chi connectivity index (χ1n) is 6.98. The summed E-state index contributed by atoms with van der Waals surface area (Å²) in [6, 6.07) is 4.73. The number of nitrogens with one attached hydrogen (secondary N) is 1. The van der Waals surface area contributed by atoms with E-state index in [4.69, 9.17) is 11.6 Å². The van der Waals surface area contributed by atoms with Gasteiger partial charge in [-0.25, -0.2) is 4.39 Å². The van der Waals surface area contributed by atoms with Crippen molar-refractivity contribution < 1.29 is 4.39 Å². The third-order valence-corrected chi connectivity index (χ3v) is 4.13. The van der Waals surface area contributed by atoms with Gasteiger partial charge >= 0.3 is 0 Å². The minimum Gasteiger partial charge on any atom is -0.305 e. The molecule has 2 aromatic rings. The maximum Gasteiger partial charge on any atom is 0.141 e. The summed E-state index contributed by atoms with van der Waals surface area (Å²) in [5.74, 6) is -0.406. The third-order valence-electron chi connectivity index (χ3n) is 3.23. The second-order valence-corrected chi connectivity index (χ2v) is 6.03. The fourth-order valence-corrected chi connectivity index (χ4v) is 3.03. The average molecular weight is 375 g/mol. The number of aryl methyl sites for hydroxylation is 1. The smallest absolute Gasteiger partial charge is 0.141 e. The quantitative estimate of drug-likeness (QED) is 0.804. The van der Waals surface area contributed by atoms with Gasteiger partial charge in [0.1, 0.15) is 5.82 Å². The summed E-state index contributed by atoms with van der Waals surface area (Å²) in [4.78, 5) is 0. The molecular formula is C15H18BrClFN3. The molecule has 0 aliphatic heterocycles. The van der Waals surface area contributed by atoms with Gasteiger partial charge in [-0.1, -0.05) is 31.5 Å². The van der Waals surface area contributed by atoms with Gasteiger partial charge in [-0.05, 0) is 46.6 Å². The first-order chi connectivity index (χ1) is 10.1. The molecule has 114 valence electrons. The number of hydrogen-bond donors (Lipinski definition) is 1. The van der Waals surface area contributed by atoms with E-state index in [-0.39, 0.29) is 11.1 Å². The number of hydrogen-bond acceptors (Lipinski definition) is 2. The maximum atomic E-state index is 13.4. The van der Waals surface area contributed by atoms with E-state index in [2.05, 4.69) is 33.3 Å². The van der Waals surface area contributed by atoms with E-state index in [0.29, 0.717) is 0 Å². The Labute approximate surface area is 137 Å². The van der Waals surface area contributed by atoms with Crippen LogP contribution in [0.15, 0.2) is 28.9 Å². The first-order valence-corrected chi connectivity index (χ1v) is 8.15. The molecule has 3 nitrogen and oxygen atoms in total. The minimum atomic E-state index is -0.406. The molecule has 0 saturated heterocycles. The predicted molar refractivity (Wildman–Crippen MR) is 87.1 cm³/mol. The van der Waals surface area contributed by atoms with Crippen molar-refractivity contribution in [3.05, 3.63) is 51.0 Å². The Kier molecular flexibility index (Phi) is 5.79. The van der Waals surface area contributed by atoms with E-state index in [1.807, 2.05) is 11.6 Å². The summed E-state index contributed by atoms with van der Waals surface area (Å²) in [5, 5.41) is 7.95. The molecule has 6 heteroatoms. The number of halogens is 3. The van der Waals surface area contributed by atoms with Crippen molar-refractivity contribution in [3.8, 4) is 0 Å². The molecule has 1 N–H and O–H groups in total. The van der Waals surface area contributed by atoms with Crippen LogP contribution >= 0.6 is 27.5 Å². The summed E-state index contributed by atoms with van der Waals surface area (Å²) in [6.45, 7) is 5.75. The lowest BCUT2D eigenvalue weighted by molar-refractivity contribution is 0.518. The van der Waals surface area contributed by atoms with Gasteiger partial charge in [0, 0.05) is 6.54 Å². The summed E-state index contributed by atoms with van der Waals surface area (Å²) < 4.78 is 16.3. The molecule has 0 spiro atoms. The van der Waals surface area contributed by atoms with Crippen molar-refractivity contribution in [1.29, 1.82) is 0 Å². The largest absolute Gasteiger partial charge is 0.305 e. The Hall–Kier alpha value is -0.910. The van der Waals surface area contributed by atoms with Crippen LogP contribution in [0, 0.1) is 5.82 Å². The van der Waals surface area contributed by atoms with Crippen molar-refractivity contribution in [2.24, 2.45) is 0 Å². The molecular weight excluding hydrogens is 357 g/mol. The third kappa shape index (κ3) is 3.65. The zero-order valence-corrected chi connectivity index (χ0v) is 14.4. The highest BCUT2D eigenvalue weighted by Gasteiger charge is 2.21. The summed E-state index contributed by atoms with van der Waals surface area (Å²) in [5.41, 5.74) is 1.95. The van der Waals surface area contributed by atoms with Crippen LogP contribution in [0.2, 0.25) is 5.02 Å². The molecule has 0 amide bonds. The van der Waals surface area contributed by atoms with Crippen LogP contribution < -0.4 is 5.32 Å². The van der Waals surface area contributed by atoms with E-state index in [1.54, 1.807) is 18.3 Å². The van der Waals surface area contributed by atoms with Crippen LogP contribution in [0.25, 0.3) is 0 Å². The Morgan fingerprint density at radius 2 is 2.19 bits per heavy atom. The van der Waals surface area contributed by atoms with Crippen LogP contribution in [0.4, 0.5) is 4.39 Å². The van der Waals surface area contributed by atoms with E-state index in [0.717, 1.165) is 35.2 Å². The number of rotatable bonds is 6. The number of nitrogens with zero attached hydrogens (tertiary/aromatic N) is 2. The molecule has 0 aliphatic rings. The zero-order chi connectivity index (χ0) is 15.4. The lowest BCUT2D eigenvalue weighted by Gasteiger charge is -2.21. The predicted octanol–water partition coefficient (Wildman–Crippen LogP) is 4.55. The van der Waals surface area contributed by atoms with Crippen molar-refractivity contribution in [1.82, 2.24) is 15.1 Å². The second-order valence-electron chi connectivity index (χ2n) is 4.77. The van der Waals surface area contributed by atoms with Gasteiger partial charge in [0.25, 0.3) is 0 Å². The van der Waals surface area contributed by atoms with Crippen LogP contribution in [0.5, 0.6) is 0 Å². The molecule has 1 unspecified atom stereocenters. The van der Waals surface area contributed by atoms with Gasteiger partial charge in [0.2, 0.25) is 0 Å². The normalized spacial score (nSPS) is 12.6. The maximum absolute atomic E-state index is 13.4. The Balaban J connectivity index is 2.47. The summed E-state index contributed by atoms with van der Waals surface area (Å²) >= 11 is 9.48. The van der Waals surface area contributed by atoms with Crippen molar-refractivity contribution in [3.63, 3.8) is 0 Å². The SMILES string of the molecule is CCCn1ncc(Br)c1C(NCC)c1ccc(F)c(Cl)c1. The topological polar surface area (TPSA) is 29.9 Å². The van der Waals surface area contributed by atoms with Crippen molar-refractivity contribution >= 4 is 27.5 Å². The average Bonchev–Trinajstić information content (AvgIpc) is 2.81. The molecule has 2 rings (SSSR count).